The molecule has 0 amide bonds. The summed E-state index contributed by atoms with van der Waals surface area (Å²) < 4.78 is 15.3. The molecular weight excluding hydrogens is 338 g/mol. The van der Waals surface area contributed by atoms with Crippen LogP contribution in [0.5, 0.6) is 0 Å². The van der Waals surface area contributed by atoms with Crippen molar-refractivity contribution in [1.82, 2.24) is 14.8 Å². The van der Waals surface area contributed by atoms with Gasteiger partial charge in [0.25, 0.3) is 0 Å². The molecule has 8 nitrogen and oxygen atoms in total. The van der Waals surface area contributed by atoms with Crippen LogP contribution >= 0.6 is 0 Å². The first kappa shape index (κ1) is 20.0. The van der Waals surface area contributed by atoms with Crippen LogP contribution in [0.4, 0.5) is 0 Å². The van der Waals surface area contributed by atoms with Crippen molar-refractivity contribution in [3.63, 3.8) is 0 Å². The van der Waals surface area contributed by atoms with Gasteiger partial charge in [-0.15, -0.1) is 0 Å². The molecule has 146 valence electrons. The van der Waals surface area contributed by atoms with Gasteiger partial charge < -0.3 is 23.8 Å². The van der Waals surface area contributed by atoms with Crippen LogP contribution in [0.3, 0.4) is 0 Å². The molecule has 26 heavy (non-hydrogen) atoms. The Morgan fingerprint density at radius 2 is 1.88 bits per heavy atom. The Hall–Kier alpha value is -2.32. The number of furan rings is 1. The van der Waals surface area contributed by atoms with Crippen LogP contribution in [0.1, 0.15) is 25.8 Å². The maximum absolute atomic E-state index is 11.9. The largest absolute Gasteiger partial charge is 0.463 e. The Morgan fingerprint density at radius 1 is 1.19 bits per heavy atom. The van der Waals surface area contributed by atoms with E-state index in [2.05, 4.69) is 21.8 Å². The molecular formula is C18H29N3O5. The number of aromatic nitrogens is 1. The lowest BCUT2D eigenvalue weighted by atomic mass is 10.3. The molecule has 8 heteroatoms. The fourth-order valence-corrected chi connectivity index (χ4v) is 2.56. The van der Waals surface area contributed by atoms with Crippen LogP contribution in [-0.4, -0.2) is 79.7 Å². The molecule has 1 saturated heterocycles. The summed E-state index contributed by atoms with van der Waals surface area (Å²) in [5, 5.41) is 0. The van der Waals surface area contributed by atoms with E-state index < -0.39 is 5.97 Å². The van der Waals surface area contributed by atoms with E-state index >= 15 is 0 Å². The van der Waals surface area contributed by atoms with Crippen LogP contribution in [0, 0.1) is 0 Å². The molecule has 1 aliphatic rings. The predicted molar refractivity (Wildman–Crippen MR) is 99.2 cm³/mol. The molecule has 0 saturated carbocycles. The van der Waals surface area contributed by atoms with E-state index in [0.717, 1.165) is 31.7 Å². The van der Waals surface area contributed by atoms with E-state index in [0.29, 0.717) is 11.3 Å². The Kier molecular flexibility index (Phi) is 7.68. The molecule has 1 N–H and O–H groups in total. The van der Waals surface area contributed by atoms with Crippen LogP contribution in [0.25, 0.3) is 11.1 Å². The second-order valence-corrected chi connectivity index (χ2v) is 5.82. The Morgan fingerprint density at radius 3 is 2.58 bits per heavy atom. The third-order valence-electron chi connectivity index (χ3n) is 3.99. The molecule has 0 bridgehead atoms. The van der Waals surface area contributed by atoms with Gasteiger partial charge in [-0.3, -0.25) is 9.69 Å². The van der Waals surface area contributed by atoms with E-state index in [1.54, 1.807) is 12.1 Å². The topological polar surface area (TPSA) is 88.0 Å². The minimum Gasteiger partial charge on any atom is -0.463 e. The molecule has 3 rings (SSSR count). The zero-order chi connectivity index (χ0) is 18.9. The monoisotopic (exact) mass is 367 g/mol. The van der Waals surface area contributed by atoms with E-state index in [4.69, 9.17) is 13.9 Å². The fourth-order valence-electron chi connectivity index (χ4n) is 2.56. The highest BCUT2D eigenvalue weighted by Gasteiger charge is 2.17. The van der Waals surface area contributed by atoms with E-state index in [1.807, 2.05) is 13.8 Å². The van der Waals surface area contributed by atoms with Gasteiger partial charge in [0.05, 0.1) is 18.3 Å². The van der Waals surface area contributed by atoms with Gasteiger partial charge in [0, 0.05) is 39.7 Å². The van der Waals surface area contributed by atoms with Crippen molar-refractivity contribution >= 4 is 23.0 Å². The molecule has 3 heterocycles. The Bertz CT molecular complexity index is 678. The van der Waals surface area contributed by atoms with Gasteiger partial charge in [0.2, 0.25) is 0 Å². The lowest BCUT2D eigenvalue weighted by Gasteiger charge is -2.31. The number of aromatic amines is 1. The number of nitrogens with zero attached hydrogens (tertiary/aromatic N) is 2. The van der Waals surface area contributed by atoms with Crippen molar-refractivity contribution in [3.8, 4) is 0 Å². The predicted octanol–water partition coefficient (Wildman–Crippen LogP) is 1.98. The summed E-state index contributed by atoms with van der Waals surface area (Å²) in [7, 11) is 2.06. The summed E-state index contributed by atoms with van der Waals surface area (Å²) in [6.45, 7) is 7.95. The number of fused-ring (bicyclic) bond motifs is 1. The van der Waals surface area contributed by atoms with Gasteiger partial charge in [-0.2, -0.15) is 0 Å². The van der Waals surface area contributed by atoms with Crippen molar-refractivity contribution < 1.29 is 24.9 Å². The van der Waals surface area contributed by atoms with Crippen LogP contribution in [0.2, 0.25) is 0 Å². The molecule has 0 atom stereocenters. The number of hydrogen-bond acceptors (Lipinski definition) is 7. The number of carbonyl (C=O) groups excluding carboxylic acids is 2. The van der Waals surface area contributed by atoms with Crippen molar-refractivity contribution in [2.45, 2.75) is 13.8 Å². The zero-order valence-corrected chi connectivity index (χ0v) is 15.6. The maximum Gasteiger partial charge on any atom is 0.355 e. The highest BCUT2D eigenvalue weighted by Crippen LogP contribution is 2.16. The van der Waals surface area contributed by atoms with Crippen LogP contribution in [0.15, 0.2) is 22.8 Å². The summed E-state index contributed by atoms with van der Waals surface area (Å²) in [6, 6.07) is 3.31. The number of H-pyrrole nitrogens is 1. The molecule has 1 fully saturated rings. The molecule has 0 radical (unpaired) electrons. The number of carbonyl (C=O) groups is 2. The van der Waals surface area contributed by atoms with Crippen molar-refractivity contribution in [2.75, 3.05) is 53.0 Å². The number of esters is 2. The third kappa shape index (κ3) is 5.60. The smallest absolute Gasteiger partial charge is 0.355 e. The summed E-state index contributed by atoms with van der Waals surface area (Å²) in [5.74, 6) is -0.801. The summed E-state index contributed by atoms with van der Waals surface area (Å²) in [5.41, 5.74) is 1.65. The average molecular weight is 367 g/mol. The lowest BCUT2D eigenvalue weighted by Crippen LogP contribution is -2.46. The van der Waals surface area contributed by atoms with Gasteiger partial charge >= 0.3 is 11.9 Å². The summed E-state index contributed by atoms with van der Waals surface area (Å²) >= 11 is 0. The van der Waals surface area contributed by atoms with E-state index in [9.17, 15) is 9.59 Å². The van der Waals surface area contributed by atoms with Crippen molar-refractivity contribution in [2.24, 2.45) is 0 Å². The van der Waals surface area contributed by atoms with Crippen LogP contribution < -0.4 is 0 Å². The molecule has 2 aromatic heterocycles. The summed E-state index contributed by atoms with van der Waals surface area (Å²) in [4.78, 5) is 30.8. The second-order valence-electron chi connectivity index (χ2n) is 5.82. The van der Waals surface area contributed by atoms with Gasteiger partial charge in [-0.05, 0) is 7.05 Å². The molecule has 0 aliphatic carbocycles. The first-order valence-electron chi connectivity index (χ1n) is 8.91. The number of ether oxygens (including phenoxy) is 2. The Balaban J connectivity index is 0.00000118. The van der Waals surface area contributed by atoms with Gasteiger partial charge in [0.1, 0.15) is 18.9 Å². The molecule has 2 aromatic rings. The van der Waals surface area contributed by atoms with Gasteiger partial charge in [0.15, 0.2) is 5.58 Å². The van der Waals surface area contributed by atoms with Crippen LogP contribution in [-0.2, 0) is 14.3 Å². The average Bonchev–Trinajstić information content (AvgIpc) is 3.24. The third-order valence-corrected chi connectivity index (χ3v) is 3.99. The molecule has 1 aliphatic heterocycles. The number of piperazine rings is 1. The highest BCUT2D eigenvalue weighted by molar-refractivity contribution is 5.93. The second kappa shape index (κ2) is 9.98. The minimum absolute atomic E-state index is 0. The van der Waals surface area contributed by atoms with E-state index in [-0.39, 0.29) is 27.2 Å². The Labute approximate surface area is 154 Å². The molecule has 0 spiro atoms. The maximum atomic E-state index is 11.9. The standard InChI is InChI=1S/C16H21N3O5.C2H6.H2/c1-18-3-5-19(6-4-18)11-15(20)23-8-9-24-16(21)13-10-14-12(17-13)2-7-22-14;1-2;/h2,7,10,17H,3-6,8-9,11H2,1H3;1-2H3;1H. The fraction of sp³-hybridized carbons (Fsp3) is 0.556. The molecule has 0 unspecified atom stereocenters. The highest BCUT2D eigenvalue weighted by atomic mass is 16.6. The quantitative estimate of drug-likeness (QED) is 0.617. The number of rotatable bonds is 6. The van der Waals surface area contributed by atoms with Crippen molar-refractivity contribution in [3.05, 3.63) is 24.1 Å². The number of nitrogens with one attached hydrogen (secondary N) is 1. The van der Waals surface area contributed by atoms with Gasteiger partial charge in [-0.1, -0.05) is 13.8 Å². The summed E-state index contributed by atoms with van der Waals surface area (Å²) in [6.07, 6.45) is 1.54. The SMILES string of the molecule is CC.CN1CCN(CC(=O)OCCOC(=O)c2cc3occc3[nH]2)CC1.[HH]. The first-order valence-corrected chi connectivity index (χ1v) is 8.91. The van der Waals surface area contributed by atoms with E-state index in [1.165, 1.54) is 6.26 Å². The first-order chi connectivity index (χ1) is 12.6. The minimum atomic E-state index is -0.503. The number of likely N-dealkylation sites (N-methyl/N-ethyl adjacent to an activating group) is 1. The van der Waals surface area contributed by atoms with Gasteiger partial charge in [-0.25, -0.2) is 4.79 Å². The van der Waals surface area contributed by atoms with Crippen molar-refractivity contribution in [1.29, 1.82) is 0 Å². The zero-order valence-electron chi connectivity index (χ0n) is 15.6. The molecule has 0 aromatic carbocycles. The normalized spacial score (nSPS) is 15.3. The number of hydrogen-bond donors (Lipinski definition) is 1. The lowest BCUT2D eigenvalue weighted by molar-refractivity contribution is -0.146.